The summed E-state index contributed by atoms with van der Waals surface area (Å²) in [5.74, 6) is 1.53. The number of hydrogen-bond donors (Lipinski definition) is 1. The predicted molar refractivity (Wildman–Crippen MR) is 133 cm³/mol. The van der Waals surface area contributed by atoms with Crippen molar-refractivity contribution < 1.29 is 4.42 Å². The molecule has 0 bridgehead atoms. The number of nitrogens with one attached hydrogen (secondary N) is 1. The number of aryl methyl sites for hydroxylation is 3. The predicted octanol–water partition coefficient (Wildman–Crippen LogP) is 7.05. The zero-order valence-electron chi connectivity index (χ0n) is 19.3. The summed E-state index contributed by atoms with van der Waals surface area (Å²) in [6.45, 7) is 8.18. The molecular weight excluding hydrogens is 408 g/mol. The topological polar surface area (TPSA) is 63.8 Å². The molecule has 1 atom stereocenters. The lowest BCUT2D eigenvalue weighted by molar-refractivity contribution is 0.613. The van der Waals surface area contributed by atoms with Crippen LogP contribution in [0.15, 0.2) is 77.7 Å². The molecule has 1 N–H and O–H groups in total. The van der Waals surface area contributed by atoms with Crippen LogP contribution >= 0.6 is 0 Å². The summed E-state index contributed by atoms with van der Waals surface area (Å²) in [6, 6.07) is 18.9. The van der Waals surface area contributed by atoms with Gasteiger partial charge in [0.1, 0.15) is 17.2 Å². The molecule has 0 spiro atoms. The van der Waals surface area contributed by atoms with E-state index in [4.69, 9.17) is 4.42 Å². The van der Waals surface area contributed by atoms with Crippen LogP contribution in [0.1, 0.15) is 35.5 Å². The quantitative estimate of drug-likeness (QED) is 0.321. The van der Waals surface area contributed by atoms with Crippen molar-refractivity contribution in [2.75, 3.05) is 5.32 Å². The van der Waals surface area contributed by atoms with Crippen LogP contribution in [0.2, 0.25) is 0 Å². The van der Waals surface area contributed by atoms with Crippen molar-refractivity contribution in [3.05, 3.63) is 95.8 Å². The Morgan fingerprint density at radius 3 is 2.58 bits per heavy atom. The van der Waals surface area contributed by atoms with Gasteiger partial charge >= 0.3 is 0 Å². The minimum Gasteiger partial charge on any atom is -0.464 e. The molecule has 5 aromatic rings. The second kappa shape index (κ2) is 8.51. The summed E-state index contributed by atoms with van der Waals surface area (Å²) in [5.41, 5.74) is 8.54. The van der Waals surface area contributed by atoms with Crippen LogP contribution in [-0.2, 0) is 0 Å². The van der Waals surface area contributed by atoms with E-state index in [0.717, 1.165) is 56.1 Å². The molecule has 3 aromatic heterocycles. The van der Waals surface area contributed by atoms with Gasteiger partial charge < -0.3 is 9.73 Å². The van der Waals surface area contributed by atoms with Crippen LogP contribution in [0.3, 0.4) is 0 Å². The van der Waals surface area contributed by atoms with Crippen LogP contribution < -0.4 is 5.32 Å². The first-order valence-electron chi connectivity index (χ1n) is 11.1. The van der Waals surface area contributed by atoms with E-state index in [9.17, 15) is 0 Å². The summed E-state index contributed by atoms with van der Waals surface area (Å²) >= 11 is 0. The summed E-state index contributed by atoms with van der Waals surface area (Å²) in [7, 11) is 0. The second-order valence-electron chi connectivity index (χ2n) is 8.56. The van der Waals surface area contributed by atoms with E-state index in [1.807, 2.05) is 37.5 Å². The number of aromatic nitrogens is 3. The van der Waals surface area contributed by atoms with E-state index in [2.05, 4.69) is 77.4 Å². The molecule has 0 saturated carbocycles. The van der Waals surface area contributed by atoms with Gasteiger partial charge in [-0.1, -0.05) is 18.2 Å². The Hall–Kier alpha value is -3.99. The highest BCUT2D eigenvalue weighted by atomic mass is 16.3. The van der Waals surface area contributed by atoms with Crippen molar-refractivity contribution in [2.24, 2.45) is 0 Å². The maximum Gasteiger partial charge on any atom is 0.134 e. The lowest BCUT2D eigenvalue weighted by atomic mass is 10.0. The van der Waals surface area contributed by atoms with E-state index >= 15 is 0 Å². The Bertz CT molecular complexity index is 1450. The van der Waals surface area contributed by atoms with Crippen LogP contribution in [-0.4, -0.2) is 15.0 Å². The number of fused-ring (bicyclic) bond motifs is 1. The van der Waals surface area contributed by atoms with Crippen molar-refractivity contribution >= 4 is 16.8 Å². The SMILES string of the molecule is Cc1cncc(-c2cccc(C(C)Nc3cc(-c4ccc5occ(C)c5c4)nc(C)n3)c2)c1. The first kappa shape index (κ1) is 20.9. The Kier molecular flexibility index (Phi) is 5.38. The zero-order valence-corrected chi connectivity index (χ0v) is 19.3. The Balaban J connectivity index is 1.43. The van der Waals surface area contributed by atoms with Crippen molar-refractivity contribution in [3.63, 3.8) is 0 Å². The lowest BCUT2D eigenvalue weighted by Crippen LogP contribution is -2.09. The monoisotopic (exact) mass is 434 g/mol. The van der Waals surface area contributed by atoms with E-state index in [1.165, 1.54) is 5.56 Å². The molecule has 0 radical (unpaired) electrons. The molecule has 5 rings (SSSR count). The number of nitrogens with zero attached hydrogens (tertiary/aromatic N) is 3. The summed E-state index contributed by atoms with van der Waals surface area (Å²) in [5, 5.41) is 4.66. The van der Waals surface area contributed by atoms with E-state index < -0.39 is 0 Å². The fourth-order valence-electron chi connectivity index (χ4n) is 4.11. The lowest BCUT2D eigenvalue weighted by Gasteiger charge is -2.17. The number of pyridine rings is 1. The van der Waals surface area contributed by atoms with Gasteiger partial charge in [0.25, 0.3) is 0 Å². The van der Waals surface area contributed by atoms with Crippen molar-refractivity contribution in [1.29, 1.82) is 0 Å². The number of rotatable bonds is 5. The van der Waals surface area contributed by atoms with Gasteiger partial charge in [0, 0.05) is 41.0 Å². The minimum absolute atomic E-state index is 0.0727. The molecule has 1 unspecified atom stereocenters. The number of hydrogen-bond acceptors (Lipinski definition) is 5. The first-order valence-corrected chi connectivity index (χ1v) is 11.1. The van der Waals surface area contributed by atoms with Crippen LogP contribution in [0, 0.1) is 20.8 Å². The van der Waals surface area contributed by atoms with Gasteiger partial charge in [-0.05, 0) is 80.3 Å². The average molecular weight is 435 g/mol. The van der Waals surface area contributed by atoms with Crippen LogP contribution in [0.4, 0.5) is 5.82 Å². The maximum absolute atomic E-state index is 5.59. The number of anilines is 1. The van der Waals surface area contributed by atoms with Crippen LogP contribution in [0.25, 0.3) is 33.4 Å². The van der Waals surface area contributed by atoms with Gasteiger partial charge in [-0.25, -0.2) is 9.97 Å². The van der Waals surface area contributed by atoms with Crippen molar-refractivity contribution in [1.82, 2.24) is 15.0 Å². The molecule has 0 fully saturated rings. The highest BCUT2D eigenvalue weighted by Gasteiger charge is 2.12. The molecule has 33 heavy (non-hydrogen) atoms. The van der Waals surface area contributed by atoms with Gasteiger partial charge in [0.15, 0.2) is 0 Å². The zero-order chi connectivity index (χ0) is 22.9. The highest BCUT2D eigenvalue weighted by Crippen LogP contribution is 2.29. The molecule has 2 aromatic carbocycles. The summed E-state index contributed by atoms with van der Waals surface area (Å²) in [6.07, 6.45) is 5.57. The minimum atomic E-state index is 0.0727. The van der Waals surface area contributed by atoms with Gasteiger partial charge in [-0.15, -0.1) is 0 Å². The highest BCUT2D eigenvalue weighted by molar-refractivity contribution is 5.85. The summed E-state index contributed by atoms with van der Waals surface area (Å²) < 4.78 is 5.59. The first-order chi connectivity index (χ1) is 16.0. The number of furan rings is 1. The molecule has 0 saturated heterocycles. The third-order valence-corrected chi connectivity index (χ3v) is 5.86. The smallest absolute Gasteiger partial charge is 0.134 e. The van der Waals surface area contributed by atoms with E-state index in [0.29, 0.717) is 0 Å². The fourth-order valence-corrected chi connectivity index (χ4v) is 4.11. The molecule has 0 aliphatic carbocycles. The fraction of sp³-hybridized carbons (Fsp3) is 0.179. The van der Waals surface area contributed by atoms with Gasteiger partial charge in [-0.2, -0.15) is 0 Å². The Morgan fingerprint density at radius 1 is 0.848 bits per heavy atom. The standard InChI is InChI=1S/C28H26N4O/c1-17-10-24(15-29-14-17)22-7-5-6-21(11-22)19(3)30-28-13-26(31-20(4)32-28)23-8-9-27-25(12-23)18(2)16-33-27/h5-16,19H,1-4H3,(H,30,31,32). The van der Waals surface area contributed by atoms with Crippen molar-refractivity contribution in [2.45, 2.75) is 33.7 Å². The van der Waals surface area contributed by atoms with Gasteiger partial charge in [0.05, 0.1) is 12.0 Å². The Labute approximate surface area is 193 Å². The Morgan fingerprint density at radius 2 is 1.73 bits per heavy atom. The van der Waals surface area contributed by atoms with E-state index in [1.54, 1.807) is 6.26 Å². The maximum atomic E-state index is 5.59. The average Bonchev–Trinajstić information content (AvgIpc) is 3.19. The summed E-state index contributed by atoms with van der Waals surface area (Å²) in [4.78, 5) is 13.6. The second-order valence-corrected chi connectivity index (χ2v) is 8.56. The largest absolute Gasteiger partial charge is 0.464 e. The molecular formula is C28H26N4O. The molecule has 0 aliphatic rings. The normalized spacial score (nSPS) is 12.1. The van der Waals surface area contributed by atoms with Crippen molar-refractivity contribution in [3.8, 4) is 22.4 Å². The van der Waals surface area contributed by atoms with Gasteiger partial charge in [0.2, 0.25) is 0 Å². The van der Waals surface area contributed by atoms with Crippen LogP contribution in [0.5, 0.6) is 0 Å². The third-order valence-electron chi connectivity index (χ3n) is 5.86. The molecule has 0 aliphatic heterocycles. The number of benzene rings is 2. The molecule has 5 heteroatoms. The molecule has 3 heterocycles. The molecule has 5 nitrogen and oxygen atoms in total. The van der Waals surface area contributed by atoms with Gasteiger partial charge in [-0.3, -0.25) is 4.98 Å². The van der Waals surface area contributed by atoms with E-state index in [-0.39, 0.29) is 6.04 Å². The molecule has 164 valence electrons. The molecule has 0 amide bonds. The third kappa shape index (κ3) is 4.35.